The van der Waals surface area contributed by atoms with Gasteiger partial charge in [0, 0.05) is 4.88 Å². The Bertz CT molecular complexity index is 615. The fourth-order valence-electron chi connectivity index (χ4n) is 1.49. The molecule has 1 amide bonds. The number of halogens is 1. The molecular weight excluding hydrogens is 312 g/mol. The van der Waals surface area contributed by atoms with Gasteiger partial charge in [-0.1, -0.05) is 12.1 Å². The van der Waals surface area contributed by atoms with E-state index in [1.165, 1.54) is 11.3 Å². The lowest BCUT2D eigenvalue weighted by molar-refractivity contribution is -0.115. The molecular formula is C13H9BrN2OS. The van der Waals surface area contributed by atoms with Crippen molar-refractivity contribution in [2.45, 2.75) is 6.42 Å². The van der Waals surface area contributed by atoms with Crippen LogP contribution in [0.2, 0.25) is 0 Å². The number of amides is 1. The molecule has 0 saturated heterocycles. The molecule has 18 heavy (non-hydrogen) atoms. The number of thiophene rings is 1. The zero-order valence-electron chi connectivity index (χ0n) is 9.31. The molecule has 1 aromatic heterocycles. The zero-order valence-corrected chi connectivity index (χ0v) is 11.7. The van der Waals surface area contributed by atoms with Crippen molar-refractivity contribution >= 4 is 38.9 Å². The van der Waals surface area contributed by atoms with Crippen LogP contribution >= 0.6 is 27.3 Å². The van der Waals surface area contributed by atoms with Crippen molar-refractivity contribution in [3.63, 3.8) is 0 Å². The zero-order chi connectivity index (χ0) is 13.0. The Morgan fingerprint density at radius 3 is 2.78 bits per heavy atom. The standard InChI is InChI=1S/C13H9BrN2OS/c14-12-6-5-10(18-12)7-13(17)16-11-4-2-1-3-9(11)8-15/h1-6H,7H2,(H,16,17). The second kappa shape index (κ2) is 5.80. The predicted molar refractivity (Wildman–Crippen MR) is 75.5 cm³/mol. The van der Waals surface area contributed by atoms with Crippen LogP contribution in [-0.4, -0.2) is 5.91 Å². The molecule has 3 nitrogen and oxygen atoms in total. The molecule has 0 bridgehead atoms. The molecule has 1 aromatic carbocycles. The molecule has 0 spiro atoms. The van der Waals surface area contributed by atoms with E-state index in [-0.39, 0.29) is 5.91 Å². The number of nitrogens with one attached hydrogen (secondary N) is 1. The molecule has 2 aromatic rings. The summed E-state index contributed by atoms with van der Waals surface area (Å²) in [6.45, 7) is 0. The second-order valence-corrected chi connectivity index (χ2v) is 6.14. The molecule has 90 valence electrons. The molecule has 0 aliphatic heterocycles. The summed E-state index contributed by atoms with van der Waals surface area (Å²) >= 11 is 4.88. The van der Waals surface area contributed by atoms with Crippen LogP contribution in [0.5, 0.6) is 0 Å². The van der Waals surface area contributed by atoms with Crippen molar-refractivity contribution in [3.8, 4) is 6.07 Å². The number of para-hydroxylation sites is 1. The topological polar surface area (TPSA) is 52.9 Å². The van der Waals surface area contributed by atoms with Crippen LogP contribution in [0.4, 0.5) is 5.69 Å². The highest BCUT2D eigenvalue weighted by Crippen LogP contribution is 2.23. The summed E-state index contributed by atoms with van der Waals surface area (Å²) in [6.07, 6.45) is 0.316. The molecule has 1 heterocycles. The van der Waals surface area contributed by atoms with Crippen LogP contribution in [0.3, 0.4) is 0 Å². The second-order valence-electron chi connectivity index (χ2n) is 3.59. The molecule has 0 atom stereocenters. The maximum Gasteiger partial charge on any atom is 0.229 e. The summed E-state index contributed by atoms with van der Waals surface area (Å²) in [4.78, 5) is 12.8. The van der Waals surface area contributed by atoms with Crippen LogP contribution < -0.4 is 5.32 Å². The number of nitrogens with zero attached hydrogens (tertiary/aromatic N) is 1. The molecule has 0 saturated carbocycles. The lowest BCUT2D eigenvalue weighted by atomic mass is 10.2. The highest BCUT2D eigenvalue weighted by atomic mass is 79.9. The monoisotopic (exact) mass is 320 g/mol. The summed E-state index contributed by atoms with van der Waals surface area (Å²) in [6, 6.07) is 12.8. The number of carbonyl (C=O) groups is 1. The molecule has 0 radical (unpaired) electrons. The van der Waals surface area contributed by atoms with Gasteiger partial charge < -0.3 is 5.32 Å². The largest absolute Gasteiger partial charge is 0.325 e. The van der Waals surface area contributed by atoms with E-state index >= 15 is 0 Å². The van der Waals surface area contributed by atoms with Crippen LogP contribution in [0, 0.1) is 11.3 Å². The molecule has 2 rings (SSSR count). The van der Waals surface area contributed by atoms with Gasteiger partial charge in [-0.2, -0.15) is 5.26 Å². The summed E-state index contributed by atoms with van der Waals surface area (Å²) in [5, 5.41) is 11.7. The van der Waals surface area contributed by atoms with Crippen molar-refractivity contribution in [2.75, 3.05) is 5.32 Å². The number of anilines is 1. The first-order chi connectivity index (χ1) is 8.69. The van der Waals surface area contributed by atoms with Gasteiger partial charge in [0.25, 0.3) is 0 Å². The molecule has 5 heteroatoms. The van der Waals surface area contributed by atoms with E-state index in [0.29, 0.717) is 17.7 Å². The minimum atomic E-state index is -0.118. The fraction of sp³-hybridized carbons (Fsp3) is 0.0769. The Labute approximate surface area is 117 Å². The molecule has 1 N–H and O–H groups in total. The van der Waals surface area contributed by atoms with E-state index in [1.54, 1.807) is 24.3 Å². The third-order valence-corrected chi connectivity index (χ3v) is 3.91. The Balaban J connectivity index is 2.06. The average molecular weight is 321 g/mol. The summed E-state index contributed by atoms with van der Waals surface area (Å²) < 4.78 is 1.00. The lowest BCUT2D eigenvalue weighted by Crippen LogP contribution is -2.14. The van der Waals surface area contributed by atoms with Gasteiger partial charge in [-0.25, -0.2) is 0 Å². The Morgan fingerprint density at radius 2 is 2.11 bits per heavy atom. The van der Waals surface area contributed by atoms with Gasteiger partial charge in [0.15, 0.2) is 0 Å². The smallest absolute Gasteiger partial charge is 0.229 e. The van der Waals surface area contributed by atoms with Crippen molar-refractivity contribution in [1.29, 1.82) is 5.26 Å². The number of hydrogen-bond donors (Lipinski definition) is 1. The van der Waals surface area contributed by atoms with E-state index in [0.717, 1.165) is 8.66 Å². The van der Waals surface area contributed by atoms with Gasteiger partial charge in [0.2, 0.25) is 5.91 Å². The first-order valence-electron chi connectivity index (χ1n) is 5.22. The van der Waals surface area contributed by atoms with E-state index in [1.807, 2.05) is 18.2 Å². The molecule has 0 unspecified atom stereocenters. The summed E-state index contributed by atoms with van der Waals surface area (Å²) in [7, 11) is 0. The van der Waals surface area contributed by atoms with Crippen LogP contribution in [-0.2, 0) is 11.2 Å². The van der Waals surface area contributed by atoms with Crippen molar-refractivity contribution in [3.05, 3.63) is 50.6 Å². The third kappa shape index (κ3) is 3.19. The van der Waals surface area contributed by atoms with Gasteiger partial charge >= 0.3 is 0 Å². The SMILES string of the molecule is N#Cc1ccccc1NC(=O)Cc1ccc(Br)s1. The summed E-state index contributed by atoms with van der Waals surface area (Å²) in [5.41, 5.74) is 1.03. The van der Waals surface area contributed by atoms with E-state index < -0.39 is 0 Å². The Kier molecular flexibility index (Phi) is 4.13. The predicted octanol–water partition coefficient (Wildman–Crippen LogP) is 3.56. The normalized spacial score (nSPS) is 9.78. The first kappa shape index (κ1) is 12.8. The Hall–Kier alpha value is -1.64. The van der Waals surface area contributed by atoms with Crippen LogP contribution in [0.1, 0.15) is 10.4 Å². The molecule has 0 fully saturated rings. The number of benzene rings is 1. The van der Waals surface area contributed by atoms with Gasteiger partial charge in [0.05, 0.1) is 21.5 Å². The lowest BCUT2D eigenvalue weighted by Gasteiger charge is -2.05. The van der Waals surface area contributed by atoms with Gasteiger partial charge in [-0.05, 0) is 40.2 Å². The fourth-order valence-corrected chi connectivity index (χ4v) is 2.97. The maximum atomic E-state index is 11.8. The number of rotatable bonds is 3. The summed E-state index contributed by atoms with van der Waals surface area (Å²) in [5.74, 6) is -0.118. The highest BCUT2D eigenvalue weighted by molar-refractivity contribution is 9.11. The van der Waals surface area contributed by atoms with E-state index in [9.17, 15) is 4.79 Å². The highest BCUT2D eigenvalue weighted by Gasteiger charge is 2.08. The quantitative estimate of drug-likeness (QED) is 0.940. The van der Waals surface area contributed by atoms with Crippen LogP contribution in [0.25, 0.3) is 0 Å². The average Bonchev–Trinajstić information content (AvgIpc) is 2.75. The number of nitriles is 1. The number of hydrogen-bond acceptors (Lipinski definition) is 3. The van der Waals surface area contributed by atoms with Gasteiger partial charge in [-0.15, -0.1) is 11.3 Å². The minimum Gasteiger partial charge on any atom is -0.325 e. The van der Waals surface area contributed by atoms with E-state index in [2.05, 4.69) is 21.2 Å². The van der Waals surface area contributed by atoms with Crippen LogP contribution in [0.15, 0.2) is 40.2 Å². The van der Waals surface area contributed by atoms with Gasteiger partial charge in [0.1, 0.15) is 6.07 Å². The van der Waals surface area contributed by atoms with Gasteiger partial charge in [-0.3, -0.25) is 4.79 Å². The number of carbonyl (C=O) groups excluding carboxylic acids is 1. The Morgan fingerprint density at radius 1 is 1.33 bits per heavy atom. The van der Waals surface area contributed by atoms with Crippen molar-refractivity contribution in [1.82, 2.24) is 0 Å². The minimum absolute atomic E-state index is 0.118. The molecule has 0 aliphatic carbocycles. The van der Waals surface area contributed by atoms with Crippen molar-refractivity contribution in [2.24, 2.45) is 0 Å². The van der Waals surface area contributed by atoms with E-state index in [4.69, 9.17) is 5.26 Å². The molecule has 0 aliphatic rings. The third-order valence-electron chi connectivity index (χ3n) is 2.29. The first-order valence-corrected chi connectivity index (χ1v) is 6.83. The van der Waals surface area contributed by atoms with Crippen molar-refractivity contribution < 1.29 is 4.79 Å². The maximum absolute atomic E-state index is 11.8.